The molecule has 0 aliphatic carbocycles. The largest absolute Gasteiger partial charge is 0.484 e. The van der Waals surface area contributed by atoms with Gasteiger partial charge in [0.15, 0.2) is 11.1 Å². The van der Waals surface area contributed by atoms with Crippen LogP contribution in [0.1, 0.15) is 44.4 Å². The second-order valence-electron chi connectivity index (χ2n) is 6.38. The summed E-state index contributed by atoms with van der Waals surface area (Å²) in [5, 5.41) is 0. The first kappa shape index (κ1) is 17.7. The van der Waals surface area contributed by atoms with Crippen LogP contribution in [0.5, 0.6) is 0 Å². The van der Waals surface area contributed by atoms with Gasteiger partial charge < -0.3 is 14.0 Å². The summed E-state index contributed by atoms with van der Waals surface area (Å²) in [6.07, 6.45) is -0.140. The van der Waals surface area contributed by atoms with Crippen LogP contribution in [0, 0.1) is 6.92 Å². The Morgan fingerprint density at radius 2 is 2.00 bits per heavy atom. The molecule has 1 heterocycles. The van der Waals surface area contributed by atoms with Crippen molar-refractivity contribution in [1.29, 1.82) is 0 Å². The SMILES string of the molecule is Cc1cc(C2=C(OC(C)C)C(=O)OC2(C)C)ccc1CS(=O)O. The molecule has 1 aliphatic rings. The summed E-state index contributed by atoms with van der Waals surface area (Å²) in [6.45, 7) is 9.23. The van der Waals surface area contributed by atoms with E-state index >= 15 is 0 Å². The lowest BCUT2D eigenvalue weighted by Crippen LogP contribution is -2.22. The Morgan fingerprint density at radius 3 is 2.52 bits per heavy atom. The van der Waals surface area contributed by atoms with Crippen molar-refractivity contribution >= 4 is 22.6 Å². The highest BCUT2D eigenvalue weighted by atomic mass is 32.2. The second-order valence-corrected chi connectivity index (χ2v) is 7.31. The molecule has 1 aromatic carbocycles. The van der Waals surface area contributed by atoms with Gasteiger partial charge >= 0.3 is 5.97 Å². The summed E-state index contributed by atoms with van der Waals surface area (Å²) < 4.78 is 31.2. The summed E-state index contributed by atoms with van der Waals surface area (Å²) in [6, 6.07) is 5.53. The molecule has 126 valence electrons. The van der Waals surface area contributed by atoms with Crippen molar-refractivity contribution in [3.63, 3.8) is 0 Å². The normalized spacial score (nSPS) is 18.3. The zero-order valence-electron chi connectivity index (χ0n) is 14.0. The molecule has 0 radical (unpaired) electrons. The number of esters is 1. The molecule has 1 unspecified atom stereocenters. The third-order valence-corrected chi connectivity index (χ3v) is 4.18. The third kappa shape index (κ3) is 3.82. The van der Waals surface area contributed by atoms with Crippen LogP contribution in [0.15, 0.2) is 24.0 Å². The number of hydrogen-bond donors (Lipinski definition) is 1. The lowest BCUT2D eigenvalue weighted by atomic mass is 9.90. The fourth-order valence-electron chi connectivity index (χ4n) is 2.67. The van der Waals surface area contributed by atoms with Crippen LogP contribution < -0.4 is 0 Å². The topological polar surface area (TPSA) is 72.8 Å². The zero-order chi connectivity index (χ0) is 17.4. The van der Waals surface area contributed by atoms with Gasteiger partial charge in [0.05, 0.1) is 17.4 Å². The predicted octanol–water partition coefficient (Wildman–Crippen LogP) is 3.19. The van der Waals surface area contributed by atoms with Crippen LogP contribution in [0.3, 0.4) is 0 Å². The summed E-state index contributed by atoms with van der Waals surface area (Å²) in [7, 11) is 0. The minimum Gasteiger partial charge on any atom is -0.484 e. The quantitative estimate of drug-likeness (QED) is 0.659. The first-order valence-electron chi connectivity index (χ1n) is 7.44. The Hall–Kier alpha value is -1.66. The van der Waals surface area contributed by atoms with E-state index in [2.05, 4.69) is 0 Å². The van der Waals surface area contributed by atoms with Gasteiger partial charge in [-0.05, 0) is 51.3 Å². The molecule has 0 saturated heterocycles. The van der Waals surface area contributed by atoms with Gasteiger partial charge in [-0.2, -0.15) is 0 Å². The minimum absolute atomic E-state index is 0.0827. The van der Waals surface area contributed by atoms with E-state index < -0.39 is 22.7 Å². The molecule has 1 aromatic rings. The molecule has 1 aliphatic heterocycles. The maximum absolute atomic E-state index is 12.1. The van der Waals surface area contributed by atoms with Crippen LogP contribution in [-0.2, 0) is 31.1 Å². The predicted molar refractivity (Wildman–Crippen MR) is 89.0 cm³/mol. The number of carbonyl (C=O) groups excluding carboxylic acids is 1. The lowest BCUT2D eigenvalue weighted by Gasteiger charge is -2.22. The smallest absolute Gasteiger partial charge is 0.374 e. The molecule has 0 spiro atoms. The molecule has 1 atom stereocenters. The second kappa shape index (κ2) is 6.45. The van der Waals surface area contributed by atoms with Gasteiger partial charge in [0, 0.05) is 0 Å². The fourth-order valence-corrected chi connectivity index (χ4v) is 3.26. The molecule has 6 heteroatoms. The van der Waals surface area contributed by atoms with Crippen molar-refractivity contribution in [2.75, 3.05) is 0 Å². The van der Waals surface area contributed by atoms with Gasteiger partial charge in [-0.1, -0.05) is 18.2 Å². The number of benzene rings is 1. The Kier molecular flexibility index (Phi) is 4.96. The number of carbonyl (C=O) groups is 1. The molecular weight excluding hydrogens is 316 g/mol. The molecule has 2 rings (SSSR count). The molecule has 0 amide bonds. The number of hydrogen-bond acceptors (Lipinski definition) is 4. The van der Waals surface area contributed by atoms with E-state index in [1.165, 1.54) is 0 Å². The Balaban J connectivity index is 2.52. The van der Waals surface area contributed by atoms with Crippen molar-refractivity contribution in [3.05, 3.63) is 40.6 Å². The highest BCUT2D eigenvalue weighted by molar-refractivity contribution is 7.78. The first-order valence-corrected chi connectivity index (χ1v) is 8.71. The highest BCUT2D eigenvalue weighted by Crippen LogP contribution is 2.40. The van der Waals surface area contributed by atoms with Crippen molar-refractivity contribution in [2.24, 2.45) is 0 Å². The van der Waals surface area contributed by atoms with E-state index in [4.69, 9.17) is 14.0 Å². The third-order valence-electron chi connectivity index (χ3n) is 3.63. The van der Waals surface area contributed by atoms with Crippen LogP contribution >= 0.6 is 0 Å². The van der Waals surface area contributed by atoms with E-state index in [0.29, 0.717) is 5.57 Å². The van der Waals surface area contributed by atoms with Crippen molar-refractivity contribution in [2.45, 2.75) is 52.1 Å². The Bertz CT molecular complexity index is 688. The number of aryl methyl sites for hydroxylation is 1. The van der Waals surface area contributed by atoms with Gasteiger partial charge in [-0.3, -0.25) is 0 Å². The summed E-state index contributed by atoms with van der Waals surface area (Å²) in [4.78, 5) is 12.1. The number of cyclic esters (lactones) is 1. The summed E-state index contributed by atoms with van der Waals surface area (Å²) in [5.74, 6) is -0.140. The van der Waals surface area contributed by atoms with Gasteiger partial charge in [0.25, 0.3) is 0 Å². The van der Waals surface area contributed by atoms with Crippen LogP contribution in [-0.4, -0.2) is 26.4 Å². The van der Waals surface area contributed by atoms with Crippen LogP contribution in [0.2, 0.25) is 0 Å². The molecule has 1 N–H and O–H groups in total. The highest BCUT2D eigenvalue weighted by Gasteiger charge is 2.43. The van der Waals surface area contributed by atoms with Gasteiger partial charge in [0.1, 0.15) is 5.60 Å². The van der Waals surface area contributed by atoms with Gasteiger partial charge in [-0.15, -0.1) is 0 Å². The Labute approximate surface area is 139 Å². The van der Waals surface area contributed by atoms with Crippen LogP contribution in [0.4, 0.5) is 0 Å². The average molecular weight is 338 g/mol. The van der Waals surface area contributed by atoms with E-state index in [1.54, 1.807) is 6.07 Å². The maximum atomic E-state index is 12.1. The first-order chi connectivity index (χ1) is 10.6. The molecule has 23 heavy (non-hydrogen) atoms. The number of ether oxygens (including phenoxy) is 2. The van der Waals surface area contributed by atoms with E-state index in [-0.39, 0.29) is 17.6 Å². The summed E-state index contributed by atoms with van der Waals surface area (Å²) in [5.41, 5.74) is 2.42. The lowest BCUT2D eigenvalue weighted by molar-refractivity contribution is -0.147. The van der Waals surface area contributed by atoms with E-state index in [1.807, 2.05) is 46.8 Å². The molecule has 0 aromatic heterocycles. The van der Waals surface area contributed by atoms with E-state index in [0.717, 1.165) is 16.7 Å². The average Bonchev–Trinajstić information content (AvgIpc) is 2.60. The van der Waals surface area contributed by atoms with Gasteiger partial charge in [0.2, 0.25) is 5.76 Å². The van der Waals surface area contributed by atoms with Gasteiger partial charge in [-0.25, -0.2) is 9.00 Å². The molecule has 0 saturated carbocycles. The molecular formula is C17H22O5S. The van der Waals surface area contributed by atoms with E-state index in [9.17, 15) is 9.00 Å². The zero-order valence-corrected chi connectivity index (χ0v) is 14.8. The monoisotopic (exact) mass is 338 g/mol. The molecule has 5 nitrogen and oxygen atoms in total. The van der Waals surface area contributed by atoms with Crippen molar-refractivity contribution in [3.8, 4) is 0 Å². The molecule has 0 bridgehead atoms. The Morgan fingerprint density at radius 1 is 1.35 bits per heavy atom. The van der Waals surface area contributed by atoms with Crippen LogP contribution in [0.25, 0.3) is 5.57 Å². The van der Waals surface area contributed by atoms with Crippen molar-refractivity contribution in [1.82, 2.24) is 0 Å². The number of rotatable bonds is 5. The fraction of sp³-hybridized carbons (Fsp3) is 0.471. The maximum Gasteiger partial charge on any atom is 0.374 e. The summed E-state index contributed by atoms with van der Waals surface area (Å²) >= 11 is -1.89. The molecule has 0 fully saturated rings. The van der Waals surface area contributed by atoms with Crippen molar-refractivity contribution < 1.29 is 23.0 Å². The standard InChI is InChI=1S/C17H22O5S/c1-10(2)21-15-14(17(4,5)22-16(15)18)12-6-7-13(9-23(19)20)11(3)8-12/h6-8,10H,9H2,1-5H3,(H,19,20). The minimum atomic E-state index is -1.89.